The second kappa shape index (κ2) is 5.24. The fourth-order valence-electron chi connectivity index (χ4n) is 2.17. The van der Waals surface area contributed by atoms with E-state index in [1.54, 1.807) is 14.1 Å². The summed E-state index contributed by atoms with van der Waals surface area (Å²) in [6, 6.07) is 2.78. The van der Waals surface area contributed by atoms with E-state index in [0.717, 1.165) is 0 Å². The zero-order valence-corrected chi connectivity index (χ0v) is 13.9. The van der Waals surface area contributed by atoms with E-state index in [-0.39, 0.29) is 17.2 Å². The number of halogens is 1. The van der Waals surface area contributed by atoms with Gasteiger partial charge in [-0.25, -0.2) is 4.39 Å². The van der Waals surface area contributed by atoms with Crippen molar-refractivity contribution in [1.29, 1.82) is 0 Å². The molecule has 1 saturated heterocycles. The molecule has 0 atom stereocenters. The smallest absolute Gasteiger partial charge is 0.399 e. The molecular weight excluding hydrogens is 286 g/mol. The molecule has 0 radical (unpaired) electrons. The molecule has 5 nitrogen and oxygen atoms in total. The first kappa shape index (κ1) is 16.8. The van der Waals surface area contributed by atoms with Crippen LogP contribution in [0.2, 0.25) is 0 Å². The lowest BCUT2D eigenvalue weighted by molar-refractivity contribution is 0.00578. The molecule has 1 aromatic carbocycles. The summed E-state index contributed by atoms with van der Waals surface area (Å²) in [6.07, 6.45) is 0. The SMILES string of the molecule is CN(C)C(=O)c1cc(B2OC(C)(C)C(C)(C)O2)cc(F)c1N. The summed E-state index contributed by atoms with van der Waals surface area (Å²) in [7, 11) is 2.43. The number of rotatable bonds is 2. The van der Waals surface area contributed by atoms with Gasteiger partial charge in [0.2, 0.25) is 0 Å². The molecule has 7 heteroatoms. The Morgan fingerprint density at radius 1 is 1.18 bits per heavy atom. The number of amides is 1. The average Bonchev–Trinajstić information content (AvgIpc) is 2.60. The van der Waals surface area contributed by atoms with E-state index in [0.29, 0.717) is 5.46 Å². The highest BCUT2D eigenvalue weighted by Gasteiger charge is 2.52. The van der Waals surface area contributed by atoms with Crippen molar-refractivity contribution in [2.45, 2.75) is 38.9 Å². The predicted octanol–water partition coefficient (Wildman–Crippen LogP) is 1.41. The minimum absolute atomic E-state index is 0.106. The van der Waals surface area contributed by atoms with Crippen LogP contribution < -0.4 is 11.2 Å². The quantitative estimate of drug-likeness (QED) is 0.663. The third kappa shape index (κ3) is 2.70. The standard InChI is InChI=1S/C15H22BFN2O3/c1-14(2)15(3,4)22-16(21-14)9-7-10(13(20)19(5)6)12(18)11(17)8-9/h7-8H,18H2,1-6H3. The summed E-state index contributed by atoms with van der Waals surface area (Å²) in [5, 5.41) is 0. The molecule has 0 aliphatic carbocycles. The number of nitrogens with zero attached hydrogens (tertiary/aromatic N) is 1. The number of anilines is 1. The summed E-state index contributed by atoms with van der Waals surface area (Å²) < 4.78 is 25.9. The van der Waals surface area contributed by atoms with Gasteiger partial charge in [-0.2, -0.15) is 0 Å². The first-order valence-electron chi connectivity index (χ1n) is 7.12. The van der Waals surface area contributed by atoms with Crippen LogP contribution in [-0.4, -0.2) is 43.2 Å². The lowest BCUT2D eigenvalue weighted by Gasteiger charge is -2.32. The maximum absolute atomic E-state index is 14.1. The van der Waals surface area contributed by atoms with Gasteiger partial charge in [-0.15, -0.1) is 0 Å². The van der Waals surface area contributed by atoms with Crippen LogP contribution >= 0.6 is 0 Å². The maximum atomic E-state index is 14.1. The van der Waals surface area contributed by atoms with Gasteiger partial charge in [0.1, 0.15) is 5.82 Å². The van der Waals surface area contributed by atoms with Gasteiger partial charge in [-0.3, -0.25) is 4.79 Å². The Morgan fingerprint density at radius 2 is 1.68 bits per heavy atom. The highest BCUT2D eigenvalue weighted by atomic mass is 19.1. The van der Waals surface area contributed by atoms with E-state index in [4.69, 9.17) is 15.0 Å². The van der Waals surface area contributed by atoms with Crippen LogP contribution in [0, 0.1) is 5.82 Å². The van der Waals surface area contributed by atoms with E-state index < -0.39 is 24.1 Å². The zero-order valence-electron chi connectivity index (χ0n) is 13.9. The number of nitrogen functional groups attached to an aromatic ring is 1. The summed E-state index contributed by atoms with van der Waals surface area (Å²) in [5.74, 6) is -1.02. The number of carbonyl (C=O) groups excluding carboxylic acids is 1. The average molecular weight is 308 g/mol. The molecular formula is C15H22BFN2O3. The van der Waals surface area contributed by atoms with Gasteiger partial charge < -0.3 is 19.9 Å². The first-order valence-corrected chi connectivity index (χ1v) is 7.12. The Morgan fingerprint density at radius 3 is 2.14 bits per heavy atom. The monoisotopic (exact) mass is 308 g/mol. The van der Waals surface area contributed by atoms with Crippen LogP contribution in [0.15, 0.2) is 12.1 Å². The molecule has 2 N–H and O–H groups in total. The molecule has 1 heterocycles. The molecule has 0 aromatic heterocycles. The Bertz CT molecular complexity index is 601. The normalized spacial score (nSPS) is 19.3. The van der Waals surface area contributed by atoms with Gasteiger partial charge in [0.05, 0.1) is 22.5 Å². The number of benzene rings is 1. The number of hydrogen-bond acceptors (Lipinski definition) is 4. The molecule has 0 bridgehead atoms. The third-order valence-corrected chi connectivity index (χ3v) is 4.31. The van der Waals surface area contributed by atoms with Crippen LogP contribution in [0.5, 0.6) is 0 Å². The molecule has 2 rings (SSSR count). The van der Waals surface area contributed by atoms with Gasteiger partial charge in [0.15, 0.2) is 0 Å². The molecule has 1 amide bonds. The highest BCUT2D eigenvalue weighted by Crippen LogP contribution is 2.36. The van der Waals surface area contributed by atoms with Gasteiger partial charge >= 0.3 is 7.12 Å². The Labute approximate surface area is 130 Å². The number of carbonyl (C=O) groups is 1. The van der Waals surface area contributed by atoms with Gasteiger partial charge in [0, 0.05) is 14.1 Å². The van der Waals surface area contributed by atoms with Crippen molar-refractivity contribution >= 4 is 24.2 Å². The lowest BCUT2D eigenvalue weighted by Crippen LogP contribution is -2.41. The third-order valence-electron chi connectivity index (χ3n) is 4.31. The second-order valence-electron chi connectivity index (χ2n) is 6.75. The van der Waals surface area contributed by atoms with Crippen molar-refractivity contribution in [2.24, 2.45) is 0 Å². The molecule has 22 heavy (non-hydrogen) atoms. The molecule has 1 aliphatic heterocycles. The van der Waals surface area contributed by atoms with Gasteiger partial charge in [-0.1, -0.05) is 0 Å². The van der Waals surface area contributed by atoms with Crippen molar-refractivity contribution in [2.75, 3.05) is 19.8 Å². The Balaban J connectivity index is 2.44. The minimum atomic E-state index is -0.742. The van der Waals surface area contributed by atoms with Crippen LogP contribution in [0.1, 0.15) is 38.1 Å². The molecule has 120 valence electrons. The van der Waals surface area contributed by atoms with Crippen LogP contribution in [0.25, 0.3) is 0 Å². The summed E-state index contributed by atoms with van der Waals surface area (Å²) >= 11 is 0. The number of hydrogen-bond donors (Lipinski definition) is 1. The molecule has 1 aliphatic rings. The topological polar surface area (TPSA) is 64.8 Å². The summed E-state index contributed by atoms with van der Waals surface area (Å²) in [4.78, 5) is 13.5. The first-order chi connectivity index (χ1) is 9.96. The van der Waals surface area contributed by atoms with Gasteiger partial charge in [0.25, 0.3) is 5.91 Å². The van der Waals surface area contributed by atoms with Crippen LogP contribution in [-0.2, 0) is 9.31 Å². The minimum Gasteiger partial charge on any atom is -0.399 e. The van der Waals surface area contributed by atoms with Crippen molar-refractivity contribution < 1.29 is 18.5 Å². The lowest BCUT2D eigenvalue weighted by atomic mass is 9.78. The summed E-state index contributed by atoms with van der Waals surface area (Å²) in [6.45, 7) is 7.64. The molecule has 1 aromatic rings. The zero-order chi connectivity index (χ0) is 16.9. The van der Waals surface area contributed by atoms with E-state index in [1.165, 1.54) is 17.0 Å². The van der Waals surface area contributed by atoms with Crippen LogP contribution in [0.4, 0.5) is 10.1 Å². The van der Waals surface area contributed by atoms with Crippen molar-refractivity contribution in [3.05, 3.63) is 23.5 Å². The largest absolute Gasteiger partial charge is 0.494 e. The molecule has 1 fully saturated rings. The van der Waals surface area contributed by atoms with Crippen molar-refractivity contribution in [1.82, 2.24) is 4.90 Å². The fraction of sp³-hybridized carbons (Fsp3) is 0.533. The second-order valence-corrected chi connectivity index (χ2v) is 6.75. The highest BCUT2D eigenvalue weighted by molar-refractivity contribution is 6.62. The fourth-order valence-corrected chi connectivity index (χ4v) is 2.17. The van der Waals surface area contributed by atoms with Crippen molar-refractivity contribution in [3.8, 4) is 0 Å². The molecule has 0 saturated carbocycles. The van der Waals surface area contributed by atoms with Gasteiger partial charge in [-0.05, 0) is 45.3 Å². The number of nitrogens with two attached hydrogens (primary N) is 1. The molecule has 0 spiro atoms. The predicted molar refractivity (Wildman–Crippen MR) is 84.5 cm³/mol. The van der Waals surface area contributed by atoms with Crippen LogP contribution in [0.3, 0.4) is 0 Å². The van der Waals surface area contributed by atoms with E-state index in [9.17, 15) is 9.18 Å². The summed E-state index contributed by atoms with van der Waals surface area (Å²) in [5.41, 5.74) is 4.99. The Hall–Kier alpha value is -1.60. The Kier molecular flexibility index (Phi) is 4.00. The van der Waals surface area contributed by atoms with Crippen molar-refractivity contribution in [3.63, 3.8) is 0 Å². The maximum Gasteiger partial charge on any atom is 0.494 e. The van der Waals surface area contributed by atoms with E-state index in [1.807, 2.05) is 27.7 Å². The van der Waals surface area contributed by atoms with E-state index in [2.05, 4.69) is 0 Å². The van der Waals surface area contributed by atoms with E-state index >= 15 is 0 Å². The molecule has 0 unspecified atom stereocenters.